The zero-order chi connectivity index (χ0) is 20.0. The lowest BCUT2D eigenvalue weighted by Gasteiger charge is -2.46. The average Bonchev–Trinajstić information content (AvgIpc) is 2.65. The van der Waals surface area contributed by atoms with Crippen molar-refractivity contribution in [2.75, 3.05) is 0 Å². The zero-order valence-electron chi connectivity index (χ0n) is 15.5. The summed E-state index contributed by atoms with van der Waals surface area (Å²) in [4.78, 5) is 0. The van der Waals surface area contributed by atoms with Crippen molar-refractivity contribution in [3.05, 3.63) is 81.4 Å². The van der Waals surface area contributed by atoms with E-state index in [4.69, 9.17) is 11.6 Å². The Labute approximate surface area is 167 Å². The van der Waals surface area contributed by atoms with Crippen LogP contribution in [0.5, 0.6) is 0 Å². The van der Waals surface area contributed by atoms with Crippen molar-refractivity contribution in [2.45, 2.75) is 44.4 Å². The van der Waals surface area contributed by atoms with Crippen LogP contribution in [0.4, 0.5) is 17.6 Å². The summed E-state index contributed by atoms with van der Waals surface area (Å²) in [7, 11) is 0. The molecule has 0 nitrogen and oxygen atoms in total. The van der Waals surface area contributed by atoms with E-state index < -0.39 is 28.3 Å². The van der Waals surface area contributed by atoms with Crippen LogP contribution in [-0.2, 0) is 6.42 Å². The van der Waals surface area contributed by atoms with Gasteiger partial charge in [0.2, 0.25) is 0 Å². The number of hydrogen-bond acceptors (Lipinski definition) is 0. The molecule has 4 rings (SSSR count). The number of fused-ring (bicyclic) bond motifs is 3. The maximum Gasteiger partial charge on any atom is 0.145 e. The van der Waals surface area contributed by atoms with Crippen molar-refractivity contribution in [3.8, 4) is 0 Å². The fraction of sp³-hybridized carbons (Fsp3) is 0.391. The minimum atomic E-state index is -0.772. The molecule has 0 aliphatic heterocycles. The van der Waals surface area contributed by atoms with Gasteiger partial charge in [0.25, 0.3) is 0 Å². The van der Waals surface area contributed by atoms with Crippen molar-refractivity contribution in [1.82, 2.24) is 0 Å². The van der Waals surface area contributed by atoms with Gasteiger partial charge in [-0.05, 0) is 91.2 Å². The fourth-order valence-corrected chi connectivity index (χ4v) is 5.46. The number of rotatable bonds is 2. The molecule has 1 fully saturated rings. The van der Waals surface area contributed by atoms with Gasteiger partial charge in [0.15, 0.2) is 0 Å². The predicted molar refractivity (Wildman–Crippen MR) is 103 cm³/mol. The molecule has 0 heterocycles. The van der Waals surface area contributed by atoms with Crippen molar-refractivity contribution < 1.29 is 17.6 Å². The quantitative estimate of drug-likeness (QED) is 0.277. The normalized spacial score (nSPS) is 26.9. The summed E-state index contributed by atoms with van der Waals surface area (Å²) < 4.78 is 56.6. The molecule has 0 amide bonds. The maximum atomic E-state index is 14.3. The van der Waals surface area contributed by atoms with Crippen molar-refractivity contribution in [3.63, 3.8) is 0 Å². The van der Waals surface area contributed by atoms with E-state index >= 15 is 0 Å². The molecule has 2 aliphatic rings. The highest BCUT2D eigenvalue weighted by Crippen LogP contribution is 2.54. The summed E-state index contributed by atoms with van der Waals surface area (Å²) in [6.07, 6.45) is 6.82. The second kappa shape index (κ2) is 7.55. The van der Waals surface area contributed by atoms with Crippen LogP contribution in [0.15, 0.2) is 36.4 Å². The largest absolute Gasteiger partial charge is 0.207 e. The van der Waals surface area contributed by atoms with E-state index in [2.05, 4.69) is 6.08 Å². The third-order valence-corrected chi connectivity index (χ3v) is 6.76. The lowest BCUT2D eigenvalue weighted by Crippen LogP contribution is -2.35. The predicted octanol–water partition coefficient (Wildman–Crippen LogP) is 7.31. The van der Waals surface area contributed by atoms with Gasteiger partial charge in [-0.25, -0.2) is 17.6 Å². The van der Waals surface area contributed by atoms with Crippen LogP contribution in [0, 0.1) is 35.1 Å². The lowest BCUT2D eigenvalue weighted by molar-refractivity contribution is 0.193. The molecule has 148 valence electrons. The van der Waals surface area contributed by atoms with E-state index in [0.29, 0.717) is 29.5 Å². The van der Waals surface area contributed by atoms with E-state index in [1.54, 1.807) is 0 Å². The third-order valence-electron chi connectivity index (χ3n) is 6.40. The molecular formula is C23H21ClF4. The summed E-state index contributed by atoms with van der Waals surface area (Å²) in [5, 5.41) is -0.503. The molecule has 0 spiro atoms. The van der Waals surface area contributed by atoms with E-state index in [-0.39, 0.29) is 23.7 Å². The molecule has 2 aromatic carbocycles. The van der Waals surface area contributed by atoms with Crippen LogP contribution in [0.25, 0.3) is 0 Å². The molecule has 4 atom stereocenters. The summed E-state index contributed by atoms with van der Waals surface area (Å²) in [5.74, 6) is -2.60. The topological polar surface area (TPSA) is 0 Å². The Hall–Kier alpha value is -1.81. The molecule has 28 heavy (non-hydrogen) atoms. The summed E-state index contributed by atoms with van der Waals surface area (Å²) in [5.41, 5.74) is 1.87. The summed E-state index contributed by atoms with van der Waals surface area (Å²) >= 11 is 5.68. The molecule has 0 radical (unpaired) electrons. The van der Waals surface area contributed by atoms with Crippen molar-refractivity contribution in [1.29, 1.82) is 0 Å². The first-order chi connectivity index (χ1) is 13.4. The van der Waals surface area contributed by atoms with E-state index in [0.717, 1.165) is 18.9 Å². The average molecular weight is 409 g/mol. The molecule has 4 unspecified atom stereocenters. The second-order valence-electron chi connectivity index (χ2n) is 7.86. The number of benzene rings is 2. The highest BCUT2D eigenvalue weighted by atomic mass is 35.5. The molecule has 2 aliphatic carbocycles. The number of halogens is 5. The van der Waals surface area contributed by atoms with Gasteiger partial charge in [-0.2, -0.15) is 0 Å². The van der Waals surface area contributed by atoms with Gasteiger partial charge in [-0.1, -0.05) is 23.8 Å². The van der Waals surface area contributed by atoms with Gasteiger partial charge < -0.3 is 0 Å². The molecule has 0 saturated heterocycles. The van der Waals surface area contributed by atoms with Crippen LogP contribution in [-0.4, -0.2) is 0 Å². The van der Waals surface area contributed by atoms with Gasteiger partial charge in [0, 0.05) is 6.07 Å². The SMILES string of the molecule is CC=CC1CCC2c3cc(F)cc(F)c3CCC2C1c1cc(F)c(Cl)c(F)c1. The molecule has 0 N–H and O–H groups in total. The minimum Gasteiger partial charge on any atom is -0.207 e. The van der Waals surface area contributed by atoms with E-state index in [1.165, 1.54) is 18.2 Å². The Morgan fingerprint density at radius 1 is 0.929 bits per heavy atom. The van der Waals surface area contributed by atoms with Crippen LogP contribution >= 0.6 is 11.6 Å². The fourth-order valence-electron chi connectivity index (χ4n) is 5.35. The number of allylic oxidation sites excluding steroid dienone is 2. The molecule has 0 bridgehead atoms. The Morgan fingerprint density at radius 2 is 1.64 bits per heavy atom. The van der Waals surface area contributed by atoms with Crippen LogP contribution in [0.3, 0.4) is 0 Å². The highest BCUT2D eigenvalue weighted by molar-refractivity contribution is 6.30. The lowest BCUT2D eigenvalue weighted by atomic mass is 9.58. The van der Waals surface area contributed by atoms with Gasteiger partial charge >= 0.3 is 0 Å². The minimum absolute atomic E-state index is 0.0257. The zero-order valence-corrected chi connectivity index (χ0v) is 16.2. The Morgan fingerprint density at radius 3 is 2.32 bits per heavy atom. The smallest absolute Gasteiger partial charge is 0.145 e. The van der Waals surface area contributed by atoms with Crippen molar-refractivity contribution in [2.24, 2.45) is 11.8 Å². The van der Waals surface area contributed by atoms with Crippen LogP contribution in [0.1, 0.15) is 54.7 Å². The first-order valence-corrected chi connectivity index (χ1v) is 10.0. The Kier molecular flexibility index (Phi) is 5.26. The maximum absolute atomic E-state index is 14.3. The highest BCUT2D eigenvalue weighted by Gasteiger charge is 2.43. The number of hydrogen-bond donors (Lipinski definition) is 0. The van der Waals surface area contributed by atoms with Gasteiger partial charge in [0.1, 0.15) is 28.3 Å². The third kappa shape index (κ3) is 3.26. The van der Waals surface area contributed by atoms with Crippen LogP contribution < -0.4 is 0 Å². The van der Waals surface area contributed by atoms with Gasteiger partial charge in [-0.3, -0.25) is 0 Å². The summed E-state index contributed by atoms with van der Waals surface area (Å²) in [6.45, 7) is 1.92. The molecule has 5 heteroatoms. The van der Waals surface area contributed by atoms with Crippen LogP contribution in [0.2, 0.25) is 5.02 Å². The molecular weight excluding hydrogens is 388 g/mol. The first-order valence-electron chi connectivity index (χ1n) is 9.65. The molecule has 0 aromatic heterocycles. The Balaban J connectivity index is 1.81. The molecule has 2 aromatic rings. The second-order valence-corrected chi connectivity index (χ2v) is 8.23. The van der Waals surface area contributed by atoms with E-state index in [1.807, 2.05) is 13.0 Å². The monoisotopic (exact) mass is 408 g/mol. The Bertz CT molecular complexity index is 913. The summed E-state index contributed by atoms with van der Waals surface area (Å²) in [6, 6.07) is 5.00. The molecule has 1 saturated carbocycles. The van der Waals surface area contributed by atoms with Crippen molar-refractivity contribution >= 4 is 11.6 Å². The first kappa shape index (κ1) is 19.5. The van der Waals surface area contributed by atoms with Gasteiger partial charge in [-0.15, -0.1) is 0 Å². The van der Waals surface area contributed by atoms with E-state index in [9.17, 15) is 17.6 Å². The van der Waals surface area contributed by atoms with Gasteiger partial charge in [0.05, 0.1) is 0 Å². The standard InChI is InChI=1S/C23H21ClF4/c1-2-3-12-4-5-15-17(7-6-16-18(15)10-14(25)11-19(16)26)22(12)13-8-20(27)23(24)21(28)9-13/h2-3,8-12,15,17,22H,4-7H2,1H3.